The molecule has 3 saturated carbocycles. The van der Waals surface area contributed by atoms with Gasteiger partial charge in [0.15, 0.2) is 0 Å². The Kier molecular flexibility index (Phi) is 2.88. The van der Waals surface area contributed by atoms with Gasteiger partial charge in [0.1, 0.15) is 0 Å². The van der Waals surface area contributed by atoms with E-state index < -0.39 is 0 Å². The Labute approximate surface area is 98.0 Å². The summed E-state index contributed by atoms with van der Waals surface area (Å²) in [5.41, 5.74) is 0.0148. The monoisotopic (exact) mass is 228 g/mol. The van der Waals surface area contributed by atoms with Gasteiger partial charge in [0.05, 0.1) is 5.60 Å². The van der Waals surface area contributed by atoms with Gasteiger partial charge in [-0.25, -0.2) is 0 Å². The average molecular weight is 228 g/mol. The SMILES string of the molecule is CSCC[C@]1(O)C(C)CC2CC1C2(C)C. The molecule has 88 valence electrons. The Balaban J connectivity index is 2.14. The molecule has 0 aromatic carbocycles. The zero-order valence-corrected chi connectivity index (χ0v) is 11.2. The van der Waals surface area contributed by atoms with E-state index in [0.29, 0.717) is 17.3 Å². The minimum Gasteiger partial charge on any atom is -0.389 e. The molecule has 0 heterocycles. The van der Waals surface area contributed by atoms with Gasteiger partial charge in [0.25, 0.3) is 0 Å². The molecule has 1 N–H and O–H groups in total. The van der Waals surface area contributed by atoms with Gasteiger partial charge < -0.3 is 5.11 Å². The number of hydrogen-bond donors (Lipinski definition) is 1. The van der Waals surface area contributed by atoms with E-state index in [-0.39, 0.29) is 5.60 Å². The molecule has 3 fully saturated rings. The maximum atomic E-state index is 10.9. The summed E-state index contributed by atoms with van der Waals surface area (Å²) in [6.45, 7) is 6.94. The van der Waals surface area contributed by atoms with Crippen molar-refractivity contribution in [2.75, 3.05) is 12.0 Å². The minimum atomic E-state index is -0.374. The van der Waals surface area contributed by atoms with Crippen LogP contribution in [0.25, 0.3) is 0 Å². The van der Waals surface area contributed by atoms with E-state index in [2.05, 4.69) is 27.0 Å². The summed E-state index contributed by atoms with van der Waals surface area (Å²) in [5.74, 6) is 3.01. The second-order valence-electron chi connectivity index (χ2n) is 6.18. The lowest BCUT2D eigenvalue weighted by molar-refractivity contribution is -0.230. The fourth-order valence-electron chi connectivity index (χ4n) is 3.92. The lowest BCUT2D eigenvalue weighted by atomic mass is 9.41. The van der Waals surface area contributed by atoms with E-state index in [1.807, 2.05) is 11.8 Å². The van der Waals surface area contributed by atoms with E-state index in [1.54, 1.807) is 0 Å². The number of thioether (sulfide) groups is 1. The van der Waals surface area contributed by atoms with Gasteiger partial charge in [-0.3, -0.25) is 0 Å². The highest BCUT2D eigenvalue weighted by molar-refractivity contribution is 7.98. The van der Waals surface area contributed by atoms with Crippen LogP contribution in [0.5, 0.6) is 0 Å². The molecule has 4 atom stereocenters. The normalized spacial score (nSPS) is 47.4. The Bertz CT molecular complexity index is 251. The van der Waals surface area contributed by atoms with Crippen LogP contribution >= 0.6 is 11.8 Å². The molecule has 15 heavy (non-hydrogen) atoms. The third-order valence-electron chi connectivity index (χ3n) is 5.27. The van der Waals surface area contributed by atoms with Crippen LogP contribution in [0.4, 0.5) is 0 Å². The molecule has 0 saturated heterocycles. The van der Waals surface area contributed by atoms with Gasteiger partial charge >= 0.3 is 0 Å². The van der Waals surface area contributed by atoms with E-state index >= 15 is 0 Å². The fourth-order valence-corrected chi connectivity index (χ4v) is 4.46. The summed E-state index contributed by atoms with van der Waals surface area (Å²) in [4.78, 5) is 0. The van der Waals surface area contributed by atoms with Crippen molar-refractivity contribution in [3.63, 3.8) is 0 Å². The third-order valence-corrected chi connectivity index (χ3v) is 5.88. The smallest absolute Gasteiger partial charge is 0.0714 e. The van der Waals surface area contributed by atoms with E-state index in [0.717, 1.165) is 18.1 Å². The Morgan fingerprint density at radius 1 is 1.33 bits per heavy atom. The zero-order chi connectivity index (χ0) is 11.3. The largest absolute Gasteiger partial charge is 0.389 e. The van der Waals surface area contributed by atoms with Gasteiger partial charge in [0, 0.05) is 0 Å². The molecule has 0 radical (unpaired) electrons. The first kappa shape index (κ1) is 11.8. The van der Waals surface area contributed by atoms with Gasteiger partial charge in [-0.15, -0.1) is 0 Å². The Morgan fingerprint density at radius 3 is 2.53 bits per heavy atom. The molecule has 3 aliphatic rings. The van der Waals surface area contributed by atoms with Crippen molar-refractivity contribution in [1.29, 1.82) is 0 Å². The molecule has 2 heteroatoms. The summed E-state index contributed by atoms with van der Waals surface area (Å²) in [6, 6.07) is 0. The molecule has 3 unspecified atom stereocenters. The van der Waals surface area contributed by atoms with Crippen LogP contribution in [0.1, 0.15) is 40.0 Å². The first-order chi connectivity index (χ1) is 6.93. The first-order valence-electron chi connectivity index (χ1n) is 6.14. The predicted octanol–water partition coefficient (Wildman–Crippen LogP) is 3.17. The first-order valence-corrected chi connectivity index (χ1v) is 7.53. The molecular weight excluding hydrogens is 204 g/mol. The Hall–Kier alpha value is 0.310. The molecular formula is C13H24OS. The summed E-state index contributed by atoms with van der Waals surface area (Å²) in [6.07, 6.45) is 5.61. The van der Waals surface area contributed by atoms with Crippen molar-refractivity contribution in [2.24, 2.45) is 23.2 Å². The minimum absolute atomic E-state index is 0.374. The van der Waals surface area contributed by atoms with Crippen LogP contribution in [0.15, 0.2) is 0 Å². The summed E-state index contributed by atoms with van der Waals surface area (Å²) in [7, 11) is 0. The van der Waals surface area contributed by atoms with Crippen molar-refractivity contribution in [3.8, 4) is 0 Å². The van der Waals surface area contributed by atoms with Crippen LogP contribution < -0.4 is 0 Å². The lowest BCUT2D eigenvalue weighted by Crippen LogP contribution is -2.65. The standard InChI is InChI=1S/C13H24OS/c1-9-7-10-8-11(12(10,2)3)13(9,14)5-6-15-4/h9-11,14H,5-8H2,1-4H3/t9?,10?,11?,13-/m0/s1. The van der Waals surface area contributed by atoms with Crippen molar-refractivity contribution in [2.45, 2.75) is 45.6 Å². The summed E-state index contributed by atoms with van der Waals surface area (Å²) < 4.78 is 0. The topological polar surface area (TPSA) is 20.2 Å². The molecule has 0 aromatic rings. The van der Waals surface area contributed by atoms with E-state index in [9.17, 15) is 5.11 Å². The highest BCUT2D eigenvalue weighted by Crippen LogP contribution is 2.65. The Morgan fingerprint density at radius 2 is 2.00 bits per heavy atom. The molecule has 1 nitrogen and oxygen atoms in total. The number of hydrogen-bond acceptors (Lipinski definition) is 2. The lowest BCUT2D eigenvalue weighted by Gasteiger charge is -2.66. The van der Waals surface area contributed by atoms with Crippen LogP contribution in [0.2, 0.25) is 0 Å². The molecule has 0 aromatic heterocycles. The number of rotatable bonds is 3. The van der Waals surface area contributed by atoms with Gasteiger partial charge in [-0.05, 0) is 54.4 Å². The van der Waals surface area contributed by atoms with Crippen molar-refractivity contribution in [1.82, 2.24) is 0 Å². The number of fused-ring (bicyclic) bond motifs is 2. The van der Waals surface area contributed by atoms with Gasteiger partial charge in [-0.2, -0.15) is 11.8 Å². The highest BCUT2D eigenvalue weighted by Gasteiger charge is 2.62. The summed E-state index contributed by atoms with van der Waals surface area (Å²) >= 11 is 1.86. The highest BCUT2D eigenvalue weighted by atomic mass is 32.2. The molecule has 3 aliphatic carbocycles. The maximum absolute atomic E-state index is 10.9. The number of aliphatic hydroxyl groups is 1. The zero-order valence-electron chi connectivity index (χ0n) is 10.4. The van der Waals surface area contributed by atoms with Crippen molar-refractivity contribution in [3.05, 3.63) is 0 Å². The fraction of sp³-hybridized carbons (Fsp3) is 1.00. The van der Waals surface area contributed by atoms with Gasteiger partial charge in [-0.1, -0.05) is 20.8 Å². The van der Waals surface area contributed by atoms with E-state index in [1.165, 1.54) is 12.8 Å². The van der Waals surface area contributed by atoms with Crippen molar-refractivity contribution >= 4 is 11.8 Å². The molecule has 0 aliphatic heterocycles. The van der Waals surface area contributed by atoms with Crippen LogP contribution in [0, 0.1) is 23.2 Å². The van der Waals surface area contributed by atoms with E-state index in [4.69, 9.17) is 0 Å². The molecule has 3 rings (SSSR count). The molecule has 0 amide bonds. The molecule has 2 bridgehead atoms. The second-order valence-corrected chi connectivity index (χ2v) is 7.16. The molecule has 0 spiro atoms. The maximum Gasteiger partial charge on any atom is 0.0714 e. The third kappa shape index (κ3) is 1.56. The van der Waals surface area contributed by atoms with Crippen LogP contribution in [-0.4, -0.2) is 22.7 Å². The van der Waals surface area contributed by atoms with Crippen LogP contribution in [-0.2, 0) is 0 Å². The van der Waals surface area contributed by atoms with Crippen molar-refractivity contribution < 1.29 is 5.11 Å². The quantitative estimate of drug-likeness (QED) is 0.800. The van der Waals surface area contributed by atoms with Crippen LogP contribution in [0.3, 0.4) is 0 Å². The second kappa shape index (κ2) is 3.66. The average Bonchev–Trinajstić information content (AvgIpc) is 2.18. The van der Waals surface area contributed by atoms with Gasteiger partial charge in [0.2, 0.25) is 0 Å². The summed E-state index contributed by atoms with van der Waals surface area (Å²) in [5, 5.41) is 10.9. The predicted molar refractivity (Wildman–Crippen MR) is 67.1 cm³/mol.